The molecule has 3 N–H and O–H groups in total. The third kappa shape index (κ3) is 3.80. The summed E-state index contributed by atoms with van der Waals surface area (Å²) in [7, 11) is -1.72. The van der Waals surface area contributed by atoms with Crippen LogP contribution in [0, 0.1) is 11.8 Å². The van der Waals surface area contributed by atoms with Gasteiger partial charge in [-0.1, -0.05) is 19.8 Å². The minimum absolute atomic E-state index is 0.177. The van der Waals surface area contributed by atoms with Crippen LogP contribution in [0.25, 0.3) is 0 Å². The summed E-state index contributed by atoms with van der Waals surface area (Å²) < 4.78 is 27.3. The Hall–Kier alpha value is -0.920. The second kappa shape index (κ2) is 6.69. The van der Waals surface area contributed by atoms with Gasteiger partial charge in [0.25, 0.3) is 10.0 Å². The molecule has 1 aromatic rings. The van der Waals surface area contributed by atoms with E-state index in [2.05, 4.69) is 27.2 Å². The van der Waals surface area contributed by atoms with Crippen LogP contribution in [-0.2, 0) is 16.6 Å². The van der Waals surface area contributed by atoms with Crippen LogP contribution in [0.5, 0.6) is 0 Å². The predicted molar refractivity (Wildman–Crippen MR) is 77.7 cm³/mol. The molecule has 1 aromatic heterocycles. The Morgan fingerprint density at radius 3 is 2.95 bits per heavy atom. The van der Waals surface area contributed by atoms with Crippen molar-refractivity contribution in [2.24, 2.45) is 11.8 Å². The van der Waals surface area contributed by atoms with Crippen molar-refractivity contribution in [3.63, 3.8) is 0 Å². The van der Waals surface area contributed by atoms with E-state index in [-0.39, 0.29) is 5.03 Å². The highest BCUT2D eigenvalue weighted by atomic mass is 32.2. The number of aromatic amines is 1. The molecular formula is C13H24N4O2S. The van der Waals surface area contributed by atoms with E-state index in [1.54, 1.807) is 13.2 Å². The number of sulfonamides is 1. The van der Waals surface area contributed by atoms with Gasteiger partial charge < -0.3 is 5.32 Å². The van der Waals surface area contributed by atoms with Gasteiger partial charge in [0.05, 0.1) is 6.20 Å². The molecule has 2 unspecified atom stereocenters. The van der Waals surface area contributed by atoms with E-state index in [9.17, 15) is 8.42 Å². The summed E-state index contributed by atoms with van der Waals surface area (Å²) >= 11 is 0. The lowest BCUT2D eigenvalue weighted by Crippen LogP contribution is -2.32. The molecule has 1 fully saturated rings. The Labute approximate surface area is 120 Å². The maximum absolute atomic E-state index is 12.3. The van der Waals surface area contributed by atoms with Crippen molar-refractivity contribution in [1.82, 2.24) is 20.2 Å². The number of H-pyrrole nitrogens is 1. The topological polar surface area (TPSA) is 86.9 Å². The van der Waals surface area contributed by atoms with Gasteiger partial charge in [0, 0.05) is 18.7 Å². The van der Waals surface area contributed by atoms with Crippen LogP contribution in [0.4, 0.5) is 0 Å². The highest BCUT2D eigenvalue weighted by molar-refractivity contribution is 7.89. The third-order valence-electron chi connectivity index (χ3n) is 3.92. The molecule has 0 radical (unpaired) electrons. The van der Waals surface area contributed by atoms with E-state index in [1.807, 2.05) is 0 Å². The summed E-state index contributed by atoms with van der Waals surface area (Å²) in [4.78, 5) is 0. The van der Waals surface area contributed by atoms with Gasteiger partial charge in [-0.15, -0.1) is 0 Å². The van der Waals surface area contributed by atoms with Crippen LogP contribution in [0.3, 0.4) is 0 Å². The van der Waals surface area contributed by atoms with Gasteiger partial charge in [-0.3, -0.25) is 5.10 Å². The van der Waals surface area contributed by atoms with E-state index >= 15 is 0 Å². The summed E-state index contributed by atoms with van der Waals surface area (Å²) in [5, 5.41) is 9.53. The number of rotatable bonds is 6. The Morgan fingerprint density at radius 1 is 1.45 bits per heavy atom. The van der Waals surface area contributed by atoms with Gasteiger partial charge in [0.2, 0.25) is 0 Å². The fourth-order valence-corrected chi connectivity index (χ4v) is 4.14. The van der Waals surface area contributed by atoms with E-state index in [4.69, 9.17) is 0 Å². The highest BCUT2D eigenvalue weighted by Gasteiger charge is 2.24. The third-order valence-corrected chi connectivity index (χ3v) is 5.36. The Kier molecular flexibility index (Phi) is 5.17. The molecule has 114 valence electrons. The number of nitrogens with zero attached hydrogens (tertiary/aromatic N) is 1. The average molecular weight is 300 g/mol. The van der Waals surface area contributed by atoms with Crippen molar-refractivity contribution in [2.45, 2.75) is 44.2 Å². The first kappa shape index (κ1) is 15.5. The number of hydrogen-bond acceptors (Lipinski definition) is 4. The first-order valence-electron chi connectivity index (χ1n) is 7.19. The second-order valence-corrected chi connectivity index (χ2v) is 7.45. The number of hydrogen-bond donors (Lipinski definition) is 3. The summed E-state index contributed by atoms with van der Waals surface area (Å²) in [5.41, 5.74) is 0.664. The normalized spacial score (nSPS) is 23.9. The zero-order chi connectivity index (χ0) is 14.6. The zero-order valence-electron chi connectivity index (χ0n) is 12.1. The molecule has 1 aliphatic rings. The first-order valence-corrected chi connectivity index (χ1v) is 8.67. The van der Waals surface area contributed by atoms with E-state index in [0.29, 0.717) is 30.5 Å². The van der Waals surface area contributed by atoms with Gasteiger partial charge >= 0.3 is 0 Å². The maximum Gasteiger partial charge on any atom is 0.257 e. The van der Waals surface area contributed by atoms with Crippen LogP contribution in [-0.4, -0.2) is 32.2 Å². The van der Waals surface area contributed by atoms with Gasteiger partial charge in [0.15, 0.2) is 5.03 Å². The lowest BCUT2D eigenvalue weighted by atomic mass is 9.83. The lowest BCUT2D eigenvalue weighted by Gasteiger charge is -2.26. The molecule has 0 spiro atoms. The molecule has 7 heteroatoms. The van der Waals surface area contributed by atoms with Gasteiger partial charge in [-0.25, -0.2) is 13.1 Å². The second-order valence-electron chi connectivity index (χ2n) is 5.74. The minimum Gasteiger partial charge on any atom is -0.316 e. The summed E-state index contributed by atoms with van der Waals surface area (Å²) in [6.07, 6.45) is 6.22. The molecule has 20 heavy (non-hydrogen) atoms. The SMILES string of the molecule is CNCc1cn[nH]c1S(=O)(=O)NCC1CCCC(C)C1. The molecule has 1 aliphatic carbocycles. The van der Waals surface area contributed by atoms with Crippen molar-refractivity contribution in [2.75, 3.05) is 13.6 Å². The molecule has 0 amide bonds. The largest absolute Gasteiger partial charge is 0.316 e. The van der Waals surface area contributed by atoms with Crippen molar-refractivity contribution in [1.29, 1.82) is 0 Å². The monoisotopic (exact) mass is 300 g/mol. The van der Waals surface area contributed by atoms with Crippen LogP contribution in [0.1, 0.15) is 38.2 Å². The van der Waals surface area contributed by atoms with Gasteiger partial charge in [0.1, 0.15) is 0 Å². The van der Waals surface area contributed by atoms with E-state index < -0.39 is 10.0 Å². The Morgan fingerprint density at radius 2 is 2.25 bits per heavy atom. The summed E-state index contributed by atoms with van der Waals surface area (Å²) in [6.45, 7) is 3.23. The Balaban J connectivity index is 1.98. The highest BCUT2D eigenvalue weighted by Crippen LogP contribution is 2.28. The zero-order valence-corrected chi connectivity index (χ0v) is 13.0. The molecule has 1 saturated carbocycles. The van der Waals surface area contributed by atoms with Crippen LogP contribution < -0.4 is 10.0 Å². The fraction of sp³-hybridized carbons (Fsp3) is 0.769. The van der Waals surface area contributed by atoms with Gasteiger partial charge in [-0.05, 0) is 31.7 Å². The maximum atomic E-state index is 12.3. The average Bonchev–Trinajstić information content (AvgIpc) is 2.86. The van der Waals surface area contributed by atoms with Gasteiger partial charge in [-0.2, -0.15) is 5.10 Å². The molecule has 0 aliphatic heterocycles. The van der Waals surface area contributed by atoms with Crippen molar-refractivity contribution >= 4 is 10.0 Å². The Bertz CT molecular complexity index is 526. The molecular weight excluding hydrogens is 276 g/mol. The van der Waals surface area contributed by atoms with E-state index in [1.165, 1.54) is 12.8 Å². The number of nitrogens with one attached hydrogen (secondary N) is 3. The fourth-order valence-electron chi connectivity index (χ4n) is 2.89. The van der Waals surface area contributed by atoms with Crippen molar-refractivity contribution < 1.29 is 8.42 Å². The van der Waals surface area contributed by atoms with Crippen molar-refractivity contribution in [3.05, 3.63) is 11.8 Å². The smallest absolute Gasteiger partial charge is 0.257 e. The predicted octanol–water partition coefficient (Wildman–Crippen LogP) is 1.23. The van der Waals surface area contributed by atoms with Crippen LogP contribution >= 0.6 is 0 Å². The quantitative estimate of drug-likeness (QED) is 0.737. The number of aromatic nitrogens is 2. The molecule has 2 atom stereocenters. The molecule has 0 saturated heterocycles. The van der Waals surface area contributed by atoms with Crippen LogP contribution in [0.2, 0.25) is 0 Å². The molecule has 0 aromatic carbocycles. The molecule has 2 rings (SSSR count). The summed E-state index contributed by atoms with van der Waals surface area (Å²) in [5.74, 6) is 1.15. The first-order chi connectivity index (χ1) is 9.53. The minimum atomic E-state index is -3.49. The lowest BCUT2D eigenvalue weighted by molar-refractivity contribution is 0.283. The van der Waals surface area contributed by atoms with Crippen LogP contribution in [0.15, 0.2) is 11.2 Å². The van der Waals surface area contributed by atoms with Crippen molar-refractivity contribution in [3.8, 4) is 0 Å². The standard InChI is InChI=1S/C13H24N4O2S/c1-10-4-3-5-11(6-10)7-16-20(18,19)13-12(8-14-2)9-15-17-13/h9-11,14,16H,3-8H2,1-2H3,(H,15,17). The van der Waals surface area contributed by atoms with E-state index in [0.717, 1.165) is 12.8 Å². The molecule has 1 heterocycles. The molecule has 0 bridgehead atoms. The summed E-state index contributed by atoms with van der Waals surface area (Å²) in [6, 6.07) is 0. The molecule has 6 nitrogen and oxygen atoms in total.